The summed E-state index contributed by atoms with van der Waals surface area (Å²) < 4.78 is 0. The van der Waals surface area contributed by atoms with Gasteiger partial charge in [0.05, 0.1) is 17.1 Å². The lowest BCUT2D eigenvalue weighted by molar-refractivity contribution is -0.115. The van der Waals surface area contributed by atoms with Gasteiger partial charge in [-0.25, -0.2) is 0 Å². The monoisotopic (exact) mass is 292 g/mol. The Morgan fingerprint density at radius 3 is 2.84 bits per heavy atom. The van der Waals surface area contributed by atoms with E-state index in [-0.39, 0.29) is 17.7 Å². The number of carbonyl (C=O) groups excluding carboxylic acids is 2. The highest BCUT2D eigenvalue weighted by Gasteiger charge is 2.29. The van der Waals surface area contributed by atoms with Crippen LogP contribution < -0.4 is 10.2 Å². The number of anilines is 3. The van der Waals surface area contributed by atoms with E-state index < -0.39 is 0 Å². The fraction of sp³-hybridized carbons (Fsp3) is 0.0769. The van der Waals surface area contributed by atoms with Gasteiger partial charge in [-0.1, -0.05) is 12.1 Å². The minimum absolute atomic E-state index is 0.141. The molecule has 2 aromatic rings. The third kappa shape index (κ3) is 1.91. The molecule has 1 aromatic carbocycles. The van der Waals surface area contributed by atoms with Crippen LogP contribution in [0.1, 0.15) is 9.67 Å². The average Bonchev–Trinajstić information content (AvgIpc) is 2.86. The fourth-order valence-electron chi connectivity index (χ4n) is 2.06. The zero-order valence-corrected chi connectivity index (χ0v) is 11.3. The second-order valence-electron chi connectivity index (χ2n) is 3.97. The van der Waals surface area contributed by atoms with Crippen LogP contribution in [-0.2, 0) is 4.79 Å². The Labute approximate surface area is 118 Å². The van der Waals surface area contributed by atoms with E-state index in [0.29, 0.717) is 21.9 Å². The van der Waals surface area contributed by atoms with Gasteiger partial charge in [-0.05, 0) is 23.6 Å². The van der Waals surface area contributed by atoms with Crippen molar-refractivity contribution in [2.75, 3.05) is 16.1 Å². The largest absolute Gasteiger partial charge is 0.319 e. The predicted molar refractivity (Wildman–Crippen MR) is 76.6 cm³/mol. The maximum Gasteiger partial charge on any atom is 0.267 e. The number of thiophene rings is 1. The molecule has 0 aliphatic carbocycles. The predicted octanol–water partition coefficient (Wildman–Crippen LogP) is 3.22. The van der Waals surface area contributed by atoms with Crippen molar-refractivity contribution in [3.05, 3.63) is 40.6 Å². The van der Waals surface area contributed by atoms with Crippen LogP contribution in [0.15, 0.2) is 35.7 Å². The first kappa shape index (κ1) is 12.2. The van der Waals surface area contributed by atoms with E-state index in [4.69, 9.17) is 11.6 Å². The number of alkyl halides is 1. The summed E-state index contributed by atoms with van der Waals surface area (Å²) in [4.78, 5) is 26.2. The van der Waals surface area contributed by atoms with Gasteiger partial charge >= 0.3 is 0 Å². The first-order valence-corrected chi connectivity index (χ1v) is 7.00. The zero-order chi connectivity index (χ0) is 13.4. The van der Waals surface area contributed by atoms with Gasteiger partial charge in [0.15, 0.2) is 0 Å². The Morgan fingerprint density at radius 2 is 2.05 bits per heavy atom. The first-order valence-electron chi connectivity index (χ1n) is 5.59. The van der Waals surface area contributed by atoms with Crippen molar-refractivity contribution < 1.29 is 9.59 Å². The molecule has 0 unspecified atom stereocenters. The van der Waals surface area contributed by atoms with Crippen molar-refractivity contribution >= 4 is 51.8 Å². The molecule has 0 atom stereocenters. The number of nitrogens with one attached hydrogen (secondary N) is 1. The molecule has 1 aromatic heterocycles. The number of fused-ring (bicyclic) bond motifs is 2. The lowest BCUT2D eigenvalue weighted by Crippen LogP contribution is -2.26. The van der Waals surface area contributed by atoms with Crippen molar-refractivity contribution in [1.82, 2.24) is 0 Å². The van der Waals surface area contributed by atoms with Crippen LogP contribution in [0, 0.1) is 0 Å². The fourth-order valence-corrected chi connectivity index (χ4v) is 2.95. The second kappa shape index (κ2) is 4.68. The molecule has 0 bridgehead atoms. The van der Waals surface area contributed by atoms with E-state index in [1.165, 1.54) is 16.2 Å². The third-order valence-corrected chi connectivity index (χ3v) is 3.98. The van der Waals surface area contributed by atoms with Gasteiger partial charge in [0.25, 0.3) is 5.91 Å². The van der Waals surface area contributed by atoms with Gasteiger partial charge in [0, 0.05) is 0 Å². The molecule has 2 heterocycles. The topological polar surface area (TPSA) is 49.4 Å². The van der Waals surface area contributed by atoms with Crippen molar-refractivity contribution in [1.29, 1.82) is 0 Å². The number of hydrogen-bond donors (Lipinski definition) is 1. The summed E-state index contributed by atoms with van der Waals surface area (Å²) in [7, 11) is 0. The summed E-state index contributed by atoms with van der Waals surface area (Å²) in [5.41, 5.74) is 1.83. The van der Waals surface area contributed by atoms with Crippen molar-refractivity contribution in [2.45, 2.75) is 0 Å². The molecule has 0 spiro atoms. The molecule has 3 rings (SSSR count). The number of para-hydroxylation sites is 2. The van der Waals surface area contributed by atoms with Gasteiger partial charge in [0.2, 0.25) is 5.91 Å². The summed E-state index contributed by atoms with van der Waals surface area (Å²) >= 11 is 6.98. The van der Waals surface area contributed by atoms with Gasteiger partial charge in [-0.3, -0.25) is 14.5 Å². The SMILES string of the molecule is O=C1Nc2ccccc2N(C(=O)CCl)c2ccsc21. The quantitative estimate of drug-likeness (QED) is 0.821. The number of hydrogen-bond acceptors (Lipinski definition) is 3. The van der Waals surface area contributed by atoms with Crippen LogP contribution in [0.2, 0.25) is 0 Å². The van der Waals surface area contributed by atoms with E-state index in [1.807, 2.05) is 12.1 Å². The van der Waals surface area contributed by atoms with E-state index in [2.05, 4.69) is 5.32 Å². The van der Waals surface area contributed by atoms with Crippen molar-refractivity contribution in [2.24, 2.45) is 0 Å². The number of carbonyl (C=O) groups is 2. The normalized spacial score (nSPS) is 13.3. The Morgan fingerprint density at radius 1 is 1.26 bits per heavy atom. The van der Waals surface area contributed by atoms with Crippen LogP contribution in [0.5, 0.6) is 0 Å². The zero-order valence-electron chi connectivity index (χ0n) is 9.72. The Bertz CT molecular complexity index is 668. The molecule has 1 N–H and O–H groups in total. The molecule has 96 valence electrons. The average molecular weight is 293 g/mol. The summed E-state index contributed by atoms with van der Waals surface area (Å²) in [5.74, 6) is -0.606. The minimum Gasteiger partial charge on any atom is -0.319 e. The van der Waals surface area contributed by atoms with Crippen molar-refractivity contribution in [3.8, 4) is 0 Å². The van der Waals surface area contributed by atoms with Gasteiger partial charge < -0.3 is 5.32 Å². The van der Waals surface area contributed by atoms with E-state index >= 15 is 0 Å². The molecule has 0 saturated carbocycles. The second-order valence-corrected chi connectivity index (χ2v) is 5.15. The van der Waals surface area contributed by atoms with Gasteiger partial charge in [-0.2, -0.15) is 0 Å². The number of benzene rings is 1. The Kier molecular flexibility index (Phi) is 3.00. The molecule has 19 heavy (non-hydrogen) atoms. The van der Waals surface area contributed by atoms with Crippen LogP contribution in [-0.4, -0.2) is 17.7 Å². The van der Waals surface area contributed by atoms with Crippen molar-refractivity contribution in [3.63, 3.8) is 0 Å². The summed E-state index contributed by atoms with van der Waals surface area (Å²) in [5, 5.41) is 4.59. The molecule has 1 aliphatic heterocycles. The lowest BCUT2D eigenvalue weighted by atomic mass is 10.2. The molecule has 6 heteroatoms. The van der Waals surface area contributed by atoms with Gasteiger partial charge in [0.1, 0.15) is 10.8 Å². The summed E-state index contributed by atoms with van der Waals surface area (Å²) in [6, 6.07) is 8.93. The highest BCUT2D eigenvalue weighted by Crippen LogP contribution is 2.39. The number of nitrogens with zero attached hydrogens (tertiary/aromatic N) is 1. The molecular formula is C13H9ClN2O2S. The maximum absolute atomic E-state index is 12.1. The number of halogens is 1. The van der Waals surface area contributed by atoms with Crippen LogP contribution >= 0.6 is 22.9 Å². The van der Waals surface area contributed by atoms with E-state index in [9.17, 15) is 9.59 Å². The molecule has 2 amide bonds. The standard InChI is InChI=1S/C13H9ClN2O2S/c14-7-11(17)16-9-4-2-1-3-8(9)15-13(18)12-10(16)5-6-19-12/h1-6H,7H2,(H,15,18). The summed E-state index contributed by atoms with van der Waals surface area (Å²) in [6.45, 7) is 0. The smallest absolute Gasteiger partial charge is 0.267 e. The van der Waals surface area contributed by atoms with E-state index in [1.54, 1.807) is 23.6 Å². The van der Waals surface area contributed by atoms with Gasteiger partial charge in [-0.15, -0.1) is 22.9 Å². The number of rotatable bonds is 1. The van der Waals surface area contributed by atoms with Crippen LogP contribution in [0.4, 0.5) is 17.1 Å². The highest BCUT2D eigenvalue weighted by atomic mass is 35.5. The van der Waals surface area contributed by atoms with Crippen LogP contribution in [0.25, 0.3) is 0 Å². The maximum atomic E-state index is 12.1. The van der Waals surface area contributed by atoms with E-state index in [0.717, 1.165) is 0 Å². The molecule has 4 nitrogen and oxygen atoms in total. The Hall–Kier alpha value is -1.85. The molecule has 0 saturated heterocycles. The number of amides is 2. The Balaban J connectivity index is 2.26. The molecular weight excluding hydrogens is 284 g/mol. The molecule has 0 radical (unpaired) electrons. The molecule has 1 aliphatic rings. The first-order chi connectivity index (χ1) is 9.22. The minimum atomic E-state index is -0.259. The van der Waals surface area contributed by atoms with Crippen LogP contribution in [0.3, 0.4) is 0 Å². The lowest BCUT2D eigenvalue weighted by Gasteiger charge is -2.21. The summed E-state index contributed by atoms with van der Waals surface area (Å²) in [6.07, 6.45) is 0. The highest BCUT2D eigenvalue weighted by molar-refractivity contribution is 7.13. The molecule has 0 fully saturated rings. The third-order valence-electron chi connectivity index (χ3n) is 2.85.